The monoisotopic (exact) mass is 370 g/mol. The maximum atomic E-state index is 11.8. The number of ether oxygens (including phenoxy) is 1. The van der Waals surface area contributed by atoms with Gasteiger partial charge in [0.25, 0.3) is 11.8 Å². The maximum Gasteiger partial charge on any atom is 0.331 e. The predicted molar refractivity (Wildman–Crippen MR) is 101 cm³/mol. The molecule has 0 unspecified atom stereocenters. The molecule has 2 N–H and O–H groups in total. The Kier molecular flexibility index (Phi) is 7.45. The van der Waals surface area contributed by atoms with Crippen LogP contribution in [0.2, 0.25) is 0 Å². The topological polar surface area (TPSA) is 84.5 Å². The Bertz CT molecular complexity index is 789. The maximum absolute atomic E-state index is 11.8. The molecule has 0 aliphatic carbocycles. The van der Waals surface area contributed by atoms with E-state index < -0.39 is 18.5 Å². The second-order valence-electron chi connectivity index (χ2n) is 5.05. The number of carbonyl (C=O) groups is 3. The lowest BCUT2D eigenvalue weighted by Gasteiger charge is -2.06. The minimum absolute atomic E-state index is 0.211. The Hall–Kier alpha value is -3.06. The van der Waals surface area contributed by atoms with Gasteiger partial charge in [-0.2, -0.15) is 0 Å². The number of hydrogen-bond acceptors (Lipinski definition) is 5. The highest BCUT2D eigenvalue weighted by atomic mass is 32.2. The second kappa shape index (κ2) is 10.0. The van der Waals surface area contributed by atoms with E-state index >= 15 is 0 Å². The molecule has 26 heavy (non-hydrogen) atoms. The Balaban J connectivity index is 1.74. The number of hydrogen-bond donors (Lipinski definition) is 2. The number of nitrogens with one attached hydrogen (secondary N) is 2. The number of anilines is 1. The Morgan fingerprint density at radius 2 is 1.73 bits per heavy atom. The van der Waals surface area contributed by atoms with Crippen molar-refractivity contribution in [2.45, 2.75) is 4.90 Å². The van der Waals surface area contributed by atoms with Crippen LogP contribution in [0.5, 0.6) is 0 Å². The van der Waals surface area contributed by atoms with Crippen LogP contribution < -0.4 is 10.6 Å². The zero-order chi connectivity index (χ0) is 18.8. The minimum Gasteiger partial charge on any atom is -0.452 e. The average Bonchev–Trinajstić information content (AvgIpc) is 2.67. The Morgan fingerprint density at radius 3 is 2.38 bits per heavy atom. The highest BCUT2D eigenvalue weighted by molar-refractivity contribution is 8.02. The third-order valence-electron chi connectivity index (χ3n) is 3.15. The van der Waals surface area contributed by atoms with E-state index in [1.165, 1.54) is 17.8 Å². The summed E-state index contributed by atoms with van der Waals surface area (Å²) >= 11 is 1.38. The van der Waals surface area contributed by atoms with E-state index in [9.17, 15) is 14.4 Å². The molecule has 0 radical (unpaired) electrons. The van der Waals surface area contributed by atoms with Crippen LogP contribution in [0.15, 0.2) is 71.0 Å². The summed E-state index contributed by atoms with van der Waals surface area (Å²) in [5.74, 6) is -1.27. The number of benzene rings is 2. The first-order valence-corrected chi connectivity index (χ1v) is 8.63. The molecule has 0 saturated carbocycles. The van der Waals surface area contributed by atoms with Crippen molar-refractivity contribution < 1.29 is 19.1 Å². The molecular formula is C19H18N2O4S. The van der Waals surface area contributed by atoms with Gasteiger partial charge in [0.1, 0.15) is 0 Å². The Labute approximate surface area is 155 Å². The SMILES string of the molecule is CNC(=O)c1ccc(NC(=O)COC(=O)/C=C/Sc2ccccc2)cc1. The van der Waals surface area contributed by atoms with Gasteiger partial charge in [-0.25, -0.2) is 4.79 Å². The van der Waals surface area contributed by atoms with E-state index in [1.54, 1.807) is 36.7 Å². The highest BCUT2D eigenvalue weighted by Gasteiger charge is 2.07. The van der Waals surface area contributed by atoms with Gasteiger partial charge >= 0.3 is 5.97 Å². The summed E-state index contributed by atoms with van der Waals surface area (Å²) in [6, 6.07) is 15.9. The quantitative estimate of drug-likeness (QED) is 0.445. The van der Waals surface area contributed by atoms with Crippen LogP contribution in [-0.2, 0) is 14.3 Å². The molecule has 0 aromatic heterocycles. The fraction of sp³-hybridized carbons (Fsp3) is 0.105. The summed E-state index contributed by atoms with van der Waals surface area (Å²) in [5.41, 5.74) is 0.992. The lowest BCUT2D eigenvalue weighted by Crippen LogP contribution is -2.20. The molecule has 134 valence electrons. The molecule has 7 heteroatoms. The Morgan fingerprint density at radius 1 is 1.04 bits per heavy atom. The summed E-state index contributed by atoms with van der Waals surface area (Å²) < 4.78 is 4.88. The number of amides is 2. The highest BCUT2D eigenvalue weighted by Crippen LogP contribution is 2.17. The van der Waals surface area contributed by atoms with Gasteiger partial charge in [-0.05, 0) is 41.8 Å². The smallest absolute Gasteiger partial charge is 0.331 e. The lowest BCUT2D eigenvalue weighted by atomic mass is 10.2. The summed E-state index contributed by atoms with van der Waals surface area (Å²) in [5, 5.41) is 6.70. The van der Waals surface area contributed by atoms with Crippen LogP contribution in [0.1, 0.15) is 10.4 Å². The van der Waals surface area contributed by atoms with Gasteiger partial charge in [0, 0.05) is 29.3 Å². The van der Waals surface area contributed by atoms with Crippen LogP contribution in [-0.4, -0.2) is 31.4 Å². The molecule has 0 aliphatic rings. The number of esters is 1. The molecule has 0 saturated heterocycles. The third kappa shape index (κ3) is 6.45. The minimum atomic E-state index is -0.599. The van der Waals surface area contributed by atoms with Gasteiger partial charge in [0.15, 0.2) is 6.61 Å². The molecule has 0 aliphatic heterocycles. The van der Waals surface area contributed by atoms with Crippen molar-refractivity contribution in [2.24, 2.45) is 0 Å². The average molecular weight is 370 g/mol. The van der Waals surface area contributed by atoms with Crippen molar-refractivity contribution in [1.82, 2.24) is 5.32 Å². The summed E-state index contributed by atoms with van der Waals surface area (Å²) in [4.78, 5) is 35.8. The molecular weight excluding hydrogens is 352 g/mol. The van der Waals surface area contributed by atoms with E-state index in [0.29, 0.717) is 11.3 Å². The van der Waals surface area contributed by atoms with Crippen molar-refractivity contribution in [1.29, 1.82) is 0 Å². The molecule has 0 spiro atoms. The van der Waals surface area contributed by atoms with Crippen LogP contribution in [0.25, 0.3) is 0 Å². The zero-order valence-corrected chi connectivity index (χ0v) is 14.9. The first-order valence-electron chi connectivity index (χ1n) is 7.75. The predicted octanol–water partition coefficient (Wildman–Crippen LogP) is 2.83. The van der Waals surface area contributed by atoms with Crippen molar-refractivity contribution in [3.05, 3.63) is 71.6 Å². The van der Waals surface area contributed by atoms with E-state index in [2.05, 4.69) is 10.6 Å². The molecule has 0 heterocycles. The first kappa shape index (κ1) is 19.3. The van der Waals surface area contributed by atoms with Crippen molar-refractivity contribution >= 4 is 35.2 Å². The lowest BCUT2D eigenvalue weighted by molar-refractivity contribution is -0.142. The fourth-order valence-electron chi connectivity index (χ4n) is 1.90. The van der Waals surface area contributed by atoms with E-state index in [1.807, 2.05) is 30.3 Å². The van der Waals surface area contributed by atoms with Crippen LogP contribution >= 0.6 is 11.8 Å². The van der Waals surface area contributed by atoms with E-state index in [4.69, 9.17) is 4.74 Å². The normalized spacial score (nSPS) is 10.3. The molecule has 0 fully saturated rings. The van der Waals surface area contributed by atoms with Gasteiger partial charge in [-0.1, -0.05) is 30.0 Å². The largest absolute Gasteiger partial charge is 0.452 e. The van der Waals surface area contributed by atoms with Gasteiger partial charge < -0.3 is 15.4 Å². The molecule has 2 rings (SSSR count). The van der Waals surface area contributed by atoms with Crippen LogP contribution in [0, 0.1) is 0 Å². The standard InChI is InChI=1S/C19H18N2O4S/c1-20-19(24)14-7-9-15(10-8-14)21-17(22)13-25-18(23)11-12-26-16-5-3-2-4-6-16/h2-12H,13H2,1H3,(H,20,24)(H,21,22)/b12-11+. The summed E-state index contributed by atoms with van der Waals surface area (Å²) in [6.45, 7) is -0.392. The number of carbonyl (C=O) groups excluding carboxylic acids is 3. The van der Waals surface area contributed by atoms with Gasteiger partial charge in [-0.15, -0.1) is 0 Å². The van der Waals surface area contributed by atoms with Crippen LogP contribution in [0.4, 0.5) is 5.69 Å². The molecule has 2 aromatic rings. The zero-order valence-electron chi connectivity index (χ0n) is 14.1. The molecule has 0 atom stereocenters. The van der Waals surface area contributed by atoms with E-state index in [-0.39, 0.29) is 5.91 Å². The third-order valence-corrected chi connectivity index (χ3v) is 3.97. The molecule has 2 amide bonds. The number of rotatable bonds is 7. The number of thioether (sulfide) groups is 1. The van der Waals surface area contributed by atoms with Gasteiger partial charge in [0.2, 0.25) is 0 Å². The van der Waals surface area contributed by atoms with Gasteiger partial charge in [-0.3, -0.25) is 9.59 Å². The molecule has 0 bridgehead atoms. The summed E-state index contributed by atoms with van der Waals surface area (Å²) in [6.07, 6.45) is 1.27. The van der Waals surface area contributed by atoms with Crippen molar-refractivity contribution in [2.75, 3.05) is 19.0 Å². The van der Waals surface area contributed by atoms with Crippen LogP contribution in [0.3, 0.4) is 0 Å². The first-order chi connectivity index (χ1) is 12.6. The second-order valence-corrected chi connectivity index (χ2v) is 6.03. The molecule has 2 aromatic carbocycles. The summed E-state index contributed by atoms with van der Waals surface area (Å²) in [7, 11) is 1.54. The van der Waals surface area contributed by atoms with Gasteiger partial charge in [0.05, 0.1) is 0 Å². The van der Waals surface area contributed by atoms with Crippen molar-refractivity contribution in [3.8, 4) is 0 Å². The van der Waals surface area contributed by atoms with Crippen molar-refractivity contribution in [3.63, 3.8) is 0 Å². The fourth-order valence-corrected chi connectivity index (χ4v) is 2.55. The van der Waals surface area contributed by atoms with E-state index in [0.717, 1.165) is 4.90 Å². The molecule has 6 nitrogen and oxygen atoms in total.